The van der Waals surface area contributed by atoms with E-state index in [1.165, 1.54) is 180 Å². The van der Waals surface area contributed by atoms with E-state index in [4.69, 9.17) is 37.0 Å². The normalized spacial score (nSPS) is 14.4. The Hall–Kier alpha value is -1.94. The smallest absolute Gasteiger partial charge is 0.462 e. The summed E-state index contributed by atoms with van der Waals surface area (Å²) in [6.07, 6.45) is 51.3. The summed E-state index contributed by atoms with van der Waals surface area (Å²) in [6, 6.07) is 0. The van der Waals surface area contributed by atoms with Crippen LogP contribution in [0.5, 0.6) is 0 Å². The Morgan fingerprint density at radius 2 is 0.554 bits per heavy atom. The van der Waals surface area contributed by atoms with Gasteiger partial charge in [-0.1, -0.05) is 324 Å². The fourth-order valence-electron chi connectivity index (χ4n) is 11.1. The number of phosphoric acid groups is 2. The molecule has 0 fully saturated rings. The summed E-state index contributed by atoms with van der Waals surface area (Å²) < 4.78 is 68.3. The first kappa shape index (κ1) is 90.1. The van der Waals surface area contributed by atoms with Gasteiger partial charge in [-0.3, -0.25) is 37.3 Å². The quantitative estimate of drug-likeness (QED) is 0.0222. The third kappa shape index (κ3) is 65.4. The van der Waals surface area contributed by atoms with Crippen LogP contribution in [0.25, 0.3) is 0 Å². The van der Waals surface area contributed by atoms with Crippen molar-refractivity contribution in [3.8, 4) is 0 Å². The van der Waals surface area contributed by atoms with Crippen molar-refractivity contribution in [3.63, 3.8) is 0 Å². The van der Waals surface area contributed by atoms with E-state index in [2.05, 4.69) is 41.5 Å². The maximum atomic E-state index is 13.1. The van der Waals surface area contributed by atoms with Gasteiger partial charge in [0.1, 0.15) is 19.3 Å². The Morgan fingerprint density at radius 3 is 0.826 bits per heavy atom. The Labute approximate surface area is 562 Å². The van der Waals surface area contributed by atoms with Crippen LogP contribution in [-0.2, 0) is 65.4 Å². The molecule has 0 rings (SSSR count). The van der Waals surface area contributed by atoms with Gasteiger partial charge in [-0.2, -0.15) is 0 Å². The number of carbonyl (C=O) groups excluding carboxylic acids is 4. The third-order valence-electron chi connectivity index (χ3n) is 17.3. The van der Waals surface area contributed by atoms with Gasteiger partial charge in [-0.15, -0.1) is 0 Å². The lowest BCUT2D eigenvalue weighted by molar-refractivity contribution is -0.161. The first-order valence-corrected chi connectivity index (χ1v) is 41.0. The zero-order valence-corrected chi connectivity index (χ0v) is 61.6. The van der Waals surface area contributed by atoms with Gasteiger partial charge < -0.3 is 33.8 Å². The van der Waals surface area contributed by atoms with E-state index in [9.17, 15) is 43.2 Å². The van der Waals surface area contributed by atoms with Gasteiger partial charge in [0, 0.05) is 25.7 Å². The van der Waals surface area contributed by atoms with Gasteiger partial charge in [0.15, 0.2) is 12.2 Å². The average Bonchev–Trinajstić information content (AvgIpc) is 2.49. The third-order valence-corrected chi connectivity index (χ3v) is 19.2. The van der Waals surface area contributed by atoms with Crippen molar-refractivity contribution in [1.29, 1.82) is 0 Å². The van der Waals surface area contributed by atoms with Crippen LogP contribution in [0, 0.1) is 11.8 Å². The predicted octanol–water partition coefficient (Wildman–Crippen LogP) is 21.2. The highest BCUT2D eigenvalue weighted by Gasteiger charge is 2.30. The van der Waals surface area contributed by atoms with E-state index in [1.807, 2.05) is 0 Å². The molecule has 0 saturated carbocycles. The highest BCUT2D eigenvalue weighted by atomic mass is 31.2. The second-order valence-corrected chi connectivity index (χ2v) is 30.0. The number of hydrogen-bond donors (Lipinski definition) is 3. The molecule has 0 aliphatic rings. The molecule has 0 spiro atoms. The van der Waals surface area contributed by atoms with Crippen LogP contribution in [0.1, 0.15) is 375 Å². The van der Waals surface area contributed by atoms with E-state index < -0.39 is 97.5 Å². The van der Waals surface area contributed by atoms with Crippen LogP contribution in [0.3, 0.4) is 0 Å². The molecule has 92 heavy (non-hydrogen) atoms. The summed E-state index contributed by atoms with van der Waals surface area (Å²) in [7, 11) is -9.90. The molecule has 0 saturated heterocycles. The number of hydrogen-bond acceptors (Lipinski definition) is 15. The molecule has 6 atom stereocenters. The van der Waals surface area contributed by atoms with E-state index in [-0.39, 0.29) is 25.7 Å². The summed E-state index contributed by atoms with van der Waals surface area (Å²) in [5.41, 5.74) is 0. The van der Waals surface area contributed by atoms with E-state index >= 15 is 0 Å². The number of aliphatic hydroxyl groups excluding tert-OH is 1. The van der Waals surface area contributed by atoms with Crippen LogP contribution >= 0.6 is 15.6 Å². The standard InChI is InChI=1S/C73H142O17P2/c1-7-10-12-14-16-17-18-19-23-26-33-39-45-51-57-72(77)89-68(61-83-70(75)55-49-43-35-15-13-11-8-2)63-87-91(79,80)85-59-67(74)60-86-92(81,82)88-64-69(62-84-71(76)56-50-44-38-32-29-28-31-37-42-48-54-66(6)9-3)90-73(78)58-52-46-40-34-27-24-21-20-22-25-30-36-41-47-53-65(4)5/h65-69,74H,7-64H2,1-6H3,(H,79,80)(H,81,82)/t66?,67-,68+,69+/m0/s1. The minimum Gasteiger partial charge on any atom is -0.462 e. The van der Waals surface area contributed by atoms with E-state index in [0.29, 0.717) is 25.7 Å². The Balaban J connectivity index is 5.21. The van der Waals surface area contributed by atoms with Crippen LogP contribution < -0.4 is 0 Å². The molecule has 0 aromatic rings. The zero-order chi connectivity index (χ0) is 67.9. The molecule has 0 amide bonds. The second-order valence-electron chi connectivity index (χ2n) is 27.1. The molecule has 0 aromatic carbocycles. The maximum Gasteiger partial charge on any atom is 0.472 e. The summed E-state index contributed by atoms with van der Waals surface area (Å²) in [5, 5.41) is 10.6. The van der Waals surface area contributed by atoms with Crippen molar-refractivity contribution < 1.29 is 80.2 Å². The van der Waals surface area contributed by atoms with E-state index in [1.54, 1.807) is 0 Å². The van der Waals surface area contributed by atoms with Gasteiger partial charge in [0.2, 0.25) is 0 Å². The number of phosphoric ester groups is 2. The lowest BCUT2D eigenvalue weighted by Crippen LogP contribution is -2.30. The van der Waals surface area contributed by atoms with Crippen molar-refractivity contribution in [3.05, 3.63) is 0 Å². The number of carbonyl (C=O) groups is 4. The topological polar surface area (TPSA) is 237 Å². The molecule has 0 aromatic heterocycles. The van der Waals surface area contributed by atoms with Gasteiger partial charge in [0.05, 0.1) is 26.4 Å². The predicted molar refractivity (Wildman–Crippen MR) is 372 cm³/mol. The number of unbranched alkanes of at least 4 members (excludes halogenated alkanes) is 41. The summed E-state index contributed by atoms with van der Waals surface area (Å²) >= 11 is 0. The van der Waals surface area contributed by atoms with Crippen LogP contribution in [0.4, 0.5) is 0 Å². The fraction of sp³-hybridized carbons (Fsp3) is 0.945. The molecule has 3 N–H and O–H groups in total. The van der Waals surface area contributed by atoms with Gasteiger partial charge in [-0.05, 0) is 37.5 Å². The molecule has 546 valence electrons. The Morgan fingerprint density at radius 1 is 0.315 bits per heavy atom. The first-order chi connectivity index (χ1) is 44.4. The summed E-state index contributed by atoms with van der Waals surface area (Å²) in [4.78, 5) is 72.6. The van der Waals surface area contributed by atoms with Gasteiger partial charge >= 0.3 is 39.5 Å². The van der Waals surface area contributed by atoms with Crippen LogP contribution in [-0.4, -0.2) is 96.7 Å². The van der Waals surface area contributed by atoms with Gasteiger partial charge in [-0.25, -0.2) is 9.13 Å². The number of aliphatic hydroxyl groups is 1. The maximum absolute atomic E-state index is 13.1. The molecular formula is C73H142O17P2. The Bertz CT molecular complexity index is 1790. The van der Waals surface area contributed by atoms with E-state index in [0.717, 1.165) is 115 Å². The minimum absolute atomic E-state index is 0.107. The summed E-state index contributed by atoms with van der Waals surface area (Å²) in [5.74, 6) is -0.518. The second kappa shape index (κ2) is 65.0. The largest absolute Gasteiger partial charge is 0.472 e. The number of esters is 4. The van der Waals surface area contributed by atoms with Crippen molar-refractivity contribution in [2.24, 2.45) is 11.8 Å². The molecule has 17 nitrogen and oxygen atoms in total. The van der Waals surface area contributed by atoms with Crippen molar-refractivity contribution in [2.75, 3.05) is 39.6 Å². The van der Waals surface area contributed by atoms with Crippen LogP contribution in [0.2, 0.25) is 0 Å². The number of rotatable bonds is 72. The molecule has 0 heterocycles. The molecule has 19 heteroatoms. The van der Waals surface area contributed by atoms with Crippen LogP contribution in [0.15, 0.2) is 0 Å². The molecule has 3 unspecified atom stereocenters. The van der Waals surface area contributed by atoms with Crippen molar-refractivity contribution >= 4 is 39.5 Å². The highest BCUT2D eigenvalue weighted by Crippen LogP contribution is 2.45. The molecular weight excluding hydrogens is 1210 g/mol. The minimum atomic E-state index is -4.95. The summed E-state index contributed by atoms with van der Waals surface area (Å²) in [6.45, 7) is 9.59. The first-order valence-electron chi connectivity index (χ1n) is 38.0. The molecule has 0 aliphatic carbocycles. The van der Waals surface area contributed by atoms with Crippen molar-refractivity contribution in [1.82, 2.24) is 0 Å². The van der Waals surface area contributed by atoms with Crippen molar-refractivity contribution in [2.45, 2.75) is 394 Å². The lowest BCUT2D eigenvalue weighted by atomic mass is 9.99. The fourth-order valence-corrected chi connectivity index (χ4v) is 12.7. The Kier molecular flexibility index (Phi) is 63.7. The monoisotopic (exact) mass is 1350 g/mol. The molecule has 0 aliphatic heterocycles. The average molecular weight is 1350 g/mol. The zero-order valence-electron chi connectivity index (χ0n) is 59.9. The molecule has 0 bridgehead atoms. The lowest BCUT2D eigenvalue weighted by Gasteiger charge is -2.21. The van der Waals surface area contributed by atoms with Gasteiger partial charge in [0.25, 0.3) is 0 Å². The molecule has 0 radical (unpaired) electrons. The number of ether oxygens (including phenoxy) is 4. The highest BCUT2D eigenvalue weighted by molar-refractivity contribution is 7.47. The SMILES string of the molecule is CCCCCCCCCCCCCCCCC(=O)O[C@H](COC(=O)CCCCCCCCC)COP(=O)(O)OC[C@H](O)COP(=O)(O)OC[C@@H](COC(=O)CCCCCCCCCCCCC(C)CC)OC(=O)CCCCCCCCCCCCCCCCC(C)C.